The number of esters is 3. The molecule has 4 rings (SSSR count). The number of hydrogen-bond donors (Lipinski definition) is 1. The zero-order chi connectivity index (χ0) is 31.3. The number of hydrogen-bond acceptors (Lipinski definition) is 11. The molecule has 0 radical (unpaired) electrons. The second-order valence-corrected chi connectivity index (χ2v) is 10.2. The van der Waals surface area contributed by atoms with E-state index in [2.05, 4.69) is 10.5 Å². The monoisotopic (exact) mass is 595 g/mol. The van der Waals surface area contributed by atoms with Crippen LogP contribution in [-0.2, 0) is 54.3 Å². The Morgan fingerprint density at radius 3 is 2.23 bits per heavy atom. The predicted octanol–water partition coefficient (Wildman–Crippen LogP) is 1.92. The molecule has 0 aliphatic carbocycles. The maximum atomic E-state index is 13.7. The number of aryl methyl sites for hydroxylation is 1. The van der Waals surface area contributed by atoms with Crippen LogP contribution in [0.4, 0.5) is 5.69 Å². The molecular weight excluding hydrogens is 562 g/mol. The van der Waals surface area contributed by atoms with E-state index < -0.39 is 67.0 Å². The maximum absolute atomic E-state index is 13.7. The molecule has 2 aromatic rings. The number of oxime groups is 1. The minimum absolute atomic E-state index is 0.0116. The number of nitrogens with zero attached hydrogens (tertiary/aromatic N) is 2. The minimum Gasteiger partial charge on any atom is -0.463 e. The van der Waals surface area contributed by atoms with E-state index in [1.54, 1.807) is 11.0 Å². The lowest BCUT2D eigenvalue weighted by Crippen LogP contribution is -2.66. The van der Waals surface area contributed by atoms with Crippen molar-refractivity contribution in [3.63, 3.8) is 0 Å². The number of ether oxygens (including phenoxy) is 4. The topological polar surface area (TPSA) is 159 Å². The van der Waals surface area contributed by atoms with Gasteiger partial charge in [0.05, 0.1) is 12.2 Å². The van der Waals surface area contributed by atoms with E-state index >= 15 is 0 Å². The third kappa shape index (κ3) is 7.55. The normalized spacial score (nSPS) is 23.7. The minimum atomic E-state index is -1.46. The lowest BCUT2D eigenvalue weighted by atomic mass is 9.96. The van der Waals surface area contributed by atoms with Gasteiger partial charge in [-0.05, 0) is 24.6 Å². The number of nitrogens with one attached hydrogen (secondary N) is 1. The fourth-order valence-corrected chi connectivity index (χ4v) is 4.92. The number of rotatable bonds is 9. The summed E-state index contributed by atoms with van der Waals surface area (Å²) in [6.45, 7) is 6.44. The fraction of sp³-hybridized carbons (Fsp3) is 0.400. The zero-order valence-corrected chi connectivity index (χ0v) is 24.4. The van der Waals surface area contributed by atoms with Crippen LogP contribution < -0.4 is 10.2 Å². The summed E-state index contributed by atoms with van der Waals surface area (Å²) in [7, 11) is 0. The van der Waals surface area contributed by atoms with E-state index in [0.29, 0.717) is 11.3 Å². The molecular formula is C30H33N3O10. The van der Waals surface area contributed by atoms with Crippen LogP contribution in [-0.4, -0.2) is 72.7 Å². The highest BCUT2D eigenvalue weighted by atomic mass is 16.8. The van der Waals surface area contributed by atoms with Gasteiger partial charge in [-0.2, -0.15) is 0 Å². The van der Waals surface area contributed by atoms with Gasteiger partial charge in [0.25, 0.3) is 12.2 Å². The van der Waals surface area contributed by atoms with Crippen molar-refractivity contribution in [2.45, 2.75) is 71.8 Å². The van der Waals surface area contributed by atoms with Gasteiger partial charge in [0, 0.05) is 33.3 Å². The number of benzene rings is 2. The quantitative estimate of drug-likeness (QED) is 0.258. The molecule has 1 fully saturated rings. The molecule has 0 aromatic heterocycles. The van der Waals surface area contributed by atoms with E-state index in [4.69, 9.17) is 23.8 Å². The van der Waals surface area contributed by atoms with Crippen LogP contribution in [0.15, 0.2) is 53.7 Å². The molecule has 0 spiro atoms. The third-order valence-electron chi connectivity index (χ3n) is 6.65. The highest BCUT2D eigenvalue weighted by molar-refractivity contribution is 6.54. The smallest absolute Gasteiger partial charge is 0.303 e. The van der Waals surface area contributed by atoms with Crippen molar-refractivity contribution in [3.8, 4) is 0 Å². The Labute approximate surface area is 248 Å². The number of carbonyl (C=O) groups is 5. The first-order valence-corrected chi connectivity index (χ1v) is 13.6. The van der Waals surface area contributed by atoms with E-state index in [9.17, 15) is 24.0 Å². The molecule has 13 nitrogen and oxygen atoms in total. The van der Waals surface area contributed by atoms with Crippen molar-refractivity contribution < 1.29 is 47.8 Å². The van der Waals surface area contributed by atoms with Crippen LogP contribution in [0.25, 0.3) is 0 Å². The fourth-order valence-electron chi connectivity index (χ4n) is 4.92. The highest BCUT2D eigenvalue weighted by Gasteiger charge is 2.52. The first kappa shape index (κ1) is 31.2. The molecule has 0 bridgehead atoms. The molecule has 5 atom stereocenters. The Morgan fingerprint density at radius 2 is 1.60 bits per heavy atom. The first-order chi connectivity index (χ1) is 20.4. The largest absolute Gasteiger partial charge is 0.463 e. The molecule has 43 heavy (non-hydrogen) atoms. The molecule has 2 heterocycles. The van der Waals surface area contributed by atoms with Crippen molar-refractivity contribution in [1.29, 1.82) is 0 Å². The van der Waals surface area contributed by atoms with Gasteiger partial charge in [-0.1, -0.05) is 47.1 Å². The van der Waals surface area contributed by atoms with Crippen molar-refractivity contribution in [2.75, 3.05) is 11.5 Å². The van der Waals surface area contributed by atoms with Crippen molar-refractivity contribution in [3.05, 3.63) is 65.2 Å². The maximum Gasteiger partial charge on any atom is 0.303 e. The van der Waals surface area contributed by atoms with Crippen LogP contribution in [0.5, 0.6) is 0 Å². The van der Waals surface area contributed by atoms with Crippen molar-refractivity contribution >= 4 is 41.1 Å². The highest BCUT2D eigenvalue weighted by Crippen LogP contribution is 2.33. The number of carbonyl (C=O) groups excluding carboxylic acids is 5. The van der Waals surface area contributed by atoms with Crippen molar-refractivity contribution in [2.24, 2.45) is 5.16 Å². The Balaban J connectivity index is 1.71. The Hall–Kier alpha value is -4.78. The van der Waals surface area contributed by atoms with Gasteiger partial charge in [-0.3, -0.25) is 24.0 Å². The molecule has 228 valence electrons. The summed E-state index contributed by atoms with van der Waals surface area (Å²) in [5.41, 5.74) is 2.93. The van der Waals surface area contributed by atoms with Crippen molar-refractivity contribution in [1.82, 2.24) is 5.32 Å². The summed E-state index contributed by atoms with van der Waals surface area (Å²) < 4.78 is 22.0. The summed E-state index contributed by atoms with van der Waals surface area (Å²) in [6.07, 6.45) is -5.26. The molecule has 2 aliphatic heterocycles. The Morgan fingerprint density at radius 1 is 0.930 bits per heavy atom. The lowest BCUT2D eigenvalue weighted by Gasteiger charge is -2.43. The first-order valence-electron chi connectivity index (χ1n) is 13.6. The lowest BCUT2D eigenvalue weighted by molar-refractivity contribution is -0.278. The number of anilines is 1. The number of fused-ring (bicyclic) bond motifs is 1. The summed E-state index contributed by atoms with van der Waals surface area (Å²) in [4.78, 5) is 68.9. The van der Waals surface area contributed by atoms with Gasteiger partial charge in [-0.25, -0.2) is 0 Å². The standard InChI is InChI=1S/C30H33N3O10/c1-16-11-12-23-22(13-16)25(29(38)33(23)14-21-9-7-6-8-10-21)32-43-30-26(31-17(2)34)28(41-20(5)37)27(40-19(4)36)24(42-30)15-39-18(3)35/h6-13,24,26-28,30H,14-15H2,1-5H3,(H,31,34)/b32-25+/t24-,26+,27+,28-,30+/m0/s1. The van der Waals surface area contributed by atoms with E-state index in [0.717, 1.165) is 25.0 Å². The zero-order valence-electron chi connectivity index (χ0n) is 24.4. The summed E-state index contributed by atoms with van der Waals surface area (Å²) in [6, 6.07) is 13.7. The molecule has 1 saturated heterocycles. The van der Waals surface area contributed by atoms with Crippen LogP contribution in [0.3, 0.4) is 0 Å². The van der Waals surface area contributed by atoms with Gasteiger partial charge < -0.3 is 34.0 Å². The second-order valence-electron chi connectivity index (χ2n) is 10.2. The predicted molar refractivity (Wildman–Crippen MR) is 150 cm³/mol. The van der Waals surface area contributed by atoms with E-state index in [1.807, 2.05) is 49.4 Å². The van der Waals surface area contributed by atoms with E-state index in [-0.39, 0.29) is 12.3 Å². The molecule has 1 N–H and O–H groups in total. The second kappa shape index (κ2) is 13.5. The SMILES string of the molecule is CC(=O)N[C@H]1[C@@H](O/N=C2/C(=O)N(Cc3ccccc3)c3ccc(C)cc32)O[C@@H](COC(C)=O)[C@@H](OC(C)=O)[C@H]1OC(C)=O. The van der Waals surface area contributed by atoms with Crippen LogP contribution in [0.1, 0.15) is 44.4 Å². The van der Waals surface area contributed by atoms with Gasteiger partial charge >= 0.3 is 17.9 Å². The Bertz CT molecular complexity index is 1430. The molecule has 0 unspecified atom stereocenters. The van der Waals surface area contributed by atoms with Crippen LogP contribution in [0, 0.1) is 6.92 Å². The summed E-state index contributed by atoms with van der Waals surface area (Å²) in [5.74, 6) is -3.09. The molecule has 2 aliphatic rings. The van der Waals surface area contributed by atoms with Crippen LogP contribution in [0.2, 0.25) is 0 Å². The summed E-state index contributed by atoms with van der Waals surface area (Å²) >= 11 is 0. The average molecular weight is 596 g/mol. The van der Waals surface area contributed by atoms with Gasteiger partial charge in [-0.15, -0.1) is 0 Å². The van der Waals surface area contributed by atoms with Gasteiger partial charge in [0.15, 0.2) is 17.9 Å². The molecule has 13 heteroatoms. The molecule has 0 saturated carbocycles. The Kier molecular flexibility index (Phi) is 9.76. The third-order valence-corrected chi connectivity index (χ3v) is 6.65. The summed E-state index contributed by atoms with van der Waals surface area (Å²) in [5, 5.41) is 6.78. The average Bonchev–Trinajstić information content (AvgIpc) is 3.18. The van der Waals surface area contributed by atoms with Gasteiger partial charge in [0.1, 0.15) is 18.8 Å². The van der Waals surface area contributed by atoms with Crippen LogP contribution >= 0.6 is 0 Å². The van der Waals surface area contributed by atoms with E-state index in [1.165, 1.54) is 13.8 Å². The van der Waals surface area contributed by atoms with Gasteiger partial charge in [0.2, 0.25) is 5.91 Å². The molecule has 2 aromatic carbocycles. The number of amides is 2. The molecule has 2 amide bonds.